The minimum atomic E-state index is -0.854. The largest absolute Gasteiger partial charge is 0.497 e. The van der Waals surface area contributed by atoms with Crippen LogP contribution in [-0.2, 0) is 16.6 Å². The first-order chi connectivity index (χ1) is 10.5. The lowest BCUT2D eigenvalue weighted by atomic mass is 9.64. The van der Waals surface area contributed by atoms with E-state index in [0.717, 1.165) is 37.1 Å². The second-order valence-electron chi connectivity index (χ2n) is 6.60. The van der Waals surface area contributed by atoms with Crippen LogP contribution in [0.1, 0.15) is 30.9 Å². The van der Waals surface area contributed by atoms with Gasteiger partial charge in [-0.05, 0) is 61.7 Å². The van der Waals surface area contributed by atoms with E-state index in [1.807, 2.05) is 6.07 Å². The molecule has 0 amide bonds. The Hall–Kier alpha value is -1.81. The third-order valence-corrected chi connectivity index (χ3v) is 5.32. The third kappa shape index (κ3) is 2.31. The number of ether oxygens (including phenoxy) is 1. The van der Waals surface area contributed by atoms with Gasteiger partial charge >= 0.3 is 5.97 Å². The van der Waals surface area contributed by atoms with Crippen LogP contribution in [-0.4, -0.2) is 42.7 Å². The Morgan fingerprint density at radius 1 is 1.50 bits per heavy atom. The second-order valence-corrected chi connectivity index (χ2v) is 6.60. The molecule has 2 bridgehead atoms. The lowest BCUT2D eigenvalue weighted by molar-refractivity contribution is -0.131. The number of carboxylic acid groups (broad SMARTS) is 1. The predicted molar refractivity (Wildman–Crippen MR) is 85.4 cm³/mol. The Morgan fingerprint density at radius 2 is 2.27 bits per heavy atom. The van der Waals surface area contributed by atoms with E-state index >= 15 is 0 Å². The summed E-state index contributed by atoms with van der Waals surface area (Å²) in [5.41, 5.74) is 3.34. The van der Waals surface area contributed by atoms with Crippen molar-refractivity contribution in [2.45, 2.75) is 37.6 Å². The summed E-state index contributed by atoms with van der Waals surface area (Å²) in [5, 5.41) is 9.34. The molecule has 118 valence electrons. The number of likely N-dealkylation sites (tertiary alicyclic amines) is 1. The lowest BCUT2D eigenvalue weighted by Crippen LogP contribution is -2.44. The fourth-order valence-electron chi connectivity index (χ4n) is 4.11. The quantitative estimate of drug-likeness (QED) is 0.853. The Kier molecular flexibility index (Phi) is 3.73. The highest BCUT2D eigenvalue weighted by Crippen LogP contribution is 2.48. The van der Waals surface area contributed by atoms with Crippen LogP contribution in [0.15, 0.2) is 29.8 Å². The molecule has 0 radical (unpaired) electrons. The molecule has 4 heteroatoms. The molecule has 1 fully saturated rings. The molecule has 0 spiro atoms. The Morgan fingerprint density at radius 3 is 2.95 bits per heavy atom. The molecule has 1 N–H and O–H groups in total. The highest BCUT2D eigenvalue weighted by Gasteiger charge is 2.44. The number of likely N-dealkylation sites (N-methyl/N-ethyl adjacent to an activating group) is 1. The van der Waals surface area contributed by atoms with E-state index in [-0.39, 0.29) is 11.5 Å². The van der Waals surface area contributed by atoms with Crippen molar-refractivity contribution in [2.75, 3.05) is 20.7 Å². The maximum Gasteiger partial charge on any atom is 0.328 e. The number of aliphatic carboxylic acids is 1. The summed E-state index contributed by atoms with van der Waals surface area (Å²) in [4.78, 5) is 13.7. The number of carboxylic acids is 1. The van der Waals surface area contributed by atoms with Gasteiger partial charge in [-0.3, -0.25) is 4.90 Å². The molecule has 1 aliphatic heterocycles. The molecular weight excluding hydrogens is 278 g/mol. The standard InChI is InChI=1S/C18H23NO3/c1-18-7-4-8-19(2)16(15(18)11-17(20)21)9-12-5-6-13(22-3)10-14(12)18/h5-6,10-11,16H,4,7-9H2,1-3H3,(H,20,21). The normalized spacial score (nSPS) is 29.8. The number of nitrogens with zero attached hydrogens (tertiary/aromatic N) is 1. The third-order valence-electron chi connectivity index (χ3n) is 5.32. The van der Waals surface area contributed by atoms with E-state index in [0.29, 0.717) is 0 Å². The van der Waals surface area contributed by atoms with Gasteiger partial charge in [0.1, 0.15) is 5.75 Å². The molecule has 2 atom stereocenters. The summed E-state index contributed by atoms with van der Waals surface area (Å²) in [7, 11) is 3.77. The number of hydrogen-bond acceptors (Lipinski definition) is 3. The van der Waals surface area contributed by atoms with Crippen molar-refractivity contribution in [3.8, 4) is 5.75 Å². The summed E-state index contributed by atoms with van der Waals surface area (Å²) in [5.74, 6) is -0.0152. The van der Waals surface area contributed by atoms with E-state index in [4.69, 9.17) is 4.74 Å². The summed E-state index contributed by atoms with van der Waals surface area (Å²) in [6, 6.07) is 6.40. The number of rotatable bonds is 2. The molecule has 1 aromatic rings. The van der Waals surface area contributed by atoms with Crippen molar-refractivity contribution in [1.82, 2.24) is 4.90 Å². The molecule has 1 heterocycles. The zero-order valence-electron chi connectivity index (χ0n) is 13.4. The topological polar surface area (TPSA) is 49.8 Å². The zero-order valence-corrected chi connectivity index (χ0v) is 13.4. The van der Waals surface area contributed by atoms with Crippen LogP contribution in [0.3, 0.4) is 0 Å². The van der Waals surface area contributed by atoms with Gasteiger partial charge < -0.3 is 9.84 Å². The Balaban J connectivity index is 2.22. The molecule has 1 aliphatic carbocycles. The van der Waals surface area contributed by atoms with Gasteiger partial charge in [0.25, 0.3) is 0 Å². The minimum absolute atomic E-state index is 0.171. The van der Waals surface area contributed by atoms with Gasteiger partial charge in [-0.2, -0.15) is 0 Å². The van der Waals surface area contributed by atoms with Crippen molar-refractivity contribution in [3.05, 3.63) is 41.0 Å². The van der Waals surface area contributed by atoms with Crippen LogP contribution in [0.25, 0.3) is 0 Å². The molecular formula is C18H23NO3. The molecule has 0 saturated carbocycles. The number of fused-ring (bicyclic) bond motifs is 4. The highest BCUT2D eigenvalue weighted by atomic mass is 16.5. The number of carbonyl (C=O) groups is 1. The molecule has 2 unspecified atom stereocenters. The first-order valence-corrected chi connectivity index (χ1v) is 7.78. The van der Waals surface area contributed by atoms with E-state index in [1.54, 1.807) is 7.11 Å². The summed E-state index contributed by atoms with van der Waals surface area (Å²) in [6.45, 7) is 3.19. The van der Waals surface area contributed by atoms with Crippen LogP contribution in [0.2, 0.25) is 0 Å². The maximum absolute atomic E-state index is 11.4. The first-order valence-electron chi connectivity index (χ1n) is 7.78. The fourth-order valence-corrected chi connectivity index (χ4v) is 4.11. The van der Waals surface area contributed by atoms with Crippen molar-refractivity contribution in [2.24, 2.45) is 0 Å². The average molecular weight is 301 g/mol. The molecule has 0 aromatic heterocycles. The second kappa shape index (κ2) is 5.43. The molecule has 2 aliphatic rings. The first kappa shape index (κ1) is 15.1. The van der Waals surface area contributed by atoms with Crippen molar-refractivity contribution in [3.63, 3.8) is 0 Å². The van der Waals surface area contributed by atoms with E-state index in [9.17, 15) is 9.90 Å². The molecule has 3 rings (SSSR count). The van der Waals surface area contributed by atoms with Crippen LogP contribution in [0.4, 0.5) is 0 Å². The summed E-state index contributed by atoms with van der Waals surface area (Å²) < 4.78 is 5.39. The summed E-state index contributed by atoms with van der Waals surface area (Å²) >= 11 is 0. The SMILES string of the molecule is COc1ccc2c(c1)C1(C)CCCN(C)C(C2)C1=CC(=O)O. The Labute approximate surface area is 131 Å². The van der Waals surface area contributed by atoms with Crippen molar-refractivity contribution < 1.29 is 14.6 Å². The number of methoxy groups -OCH3 is 1. The maximum atomic E-state index is 11.4. The lowest BCUT2D eigenvalue weighted by Gasteiger charge is -2.43. The molecule has 22 heavy (non-hydrogen) atoms. The van der Waals surface area contributed by atoms with E-state index in [2.05, 4.69) is 31.0 Å². The smallest absolute Gasteiger partial charge is 0.328 e. The van der Waals surface area contributed by atoms with Crippen LogP contribution in [0.5, 0.6) is 5.75 Å². The van der Waals surface area contributed by atoms with E-state index < -0.39 is 5.97 Å². The van der Waals surface area contributed by atoms with Gasteiger partial charge in [0.2, 0.25) is 0 Å². The predicted octanol–water partition coefficient (Wildman–Crippen LogP) is 2.61. The average Bonchev–Trinajstić information content (AvgIpc) is 2.56. The zero-order chi connectivity index (χ0) is 15.9. The van der Waals surface area contributed by atoms with Gasteiger partial charge in [0.05, 0.1) is 7.11 Å². The van der Waals surface area contributed by atoms with Gasteiger partial charge in [-0.1, -0.05) is 13.0 Å². The highest BCUT2D eigenvalue weighted by molar-refractivity contribution is 5.82. The number of benzene rings is 1. The van der Waals surface area contributed by atoms with Gasteiger partial charge in [-0.25, -0.2) is 4.79 Å². The van der Waals surface area contributed by atoms with Gasteiger partial charge in [0.15, 0.2) is 0 Å². The minimum Gasteiger partial charge on any atom is -0.497 e. The van der Waals surface area contributed by atoms with Crippen molar-refractivity contribution in [1.29, 1.82) is 0 Å². The fraction of sp³-hybridized carbons (Fsp3) is 0.500. The van der Waals surface area contributed by atoms with Gasteiger partial charge in [-0.15, -0.1) is 0 Å². The number of hydrogen-bond donors (Lipinski definition) is 1. The molecule has 4 nitrogen and oxygen atoms in total. The summed E-state index contributed by atoms with van der Waals surface area (Å²) in [6.07, 6.45) is 4.34. The monoisotopic (exact) mass is 301 g/mol. The van der Waals surface area contributed by atoms with Crippen molar-refractivity contribution >= 4 is 5.97 Å². The molecule has 1 saturated heterocycles. The Bertz CT molecular complexity index is 637. The van der Waals surface area contributed by atoms with Crippen LogP contribution < -0.4 is 4.74 Å². The molecule has 1 aromatic carbocycles. The van der Waals surface area contributed by atoms with Crippen LogP contribution in [0, 0.1) is 0 Å². The van der Waals surface area contributed by atoms with Crippen LogP contribution >= 0.6 is 0 Å². The van der Waals surface area contributed by atoms with E-state index in [1.165, 1.54) is 17.2 Å². The van der Waals surface area contributed by atoms with Gasteiger partial charge in [0, 0.05) is 17.5 Å².